The largest absolute Gasteiger partial charge is 0.457 e. The Kier molecular flexibility index (Phi) is 3.98. The van der Waals surface area contributed by atoms with Crippen LogP contribution in [0, 0.1) is 0 Å². The Labute approximate surface area is 128 Å². The van der Waals surface area contributed by atoms with Crippen LogP contribution in [0.2, 0.25) is 0 Å². The van der Waals surface area contributed by atoms with Gasteiger partial charge in [-0.2, -0.15) is 5.06 Å². The molecule has 3 rings (SSSR count). The van der Waals surface area contributed by atoms with Crippen molar-refractivity contribution < 1.29 is 14.7 Å². The van der Waals surface area contributed by atoms with Gasteiger partial charge >= 0.3 is 6.03 Å². The monoisotopic (exact) mass is 298 g/mol. The molecule has 0 aromatic heterocycles. The summed E-state index contributed by atoms with van der Waals surface area (Å²) in [6.45, 7) is 0. The van der Waals surface area contributed by atoms with E-state index < -0.39 is 6.03 Å². The maximum Gasteiger partial charge on any atom is 0.339 e. The van der Waals surface area contributed by atoms with Gasteiger partial charge in [0.25, 0.3) is 0 Å². The number of rotatable bonds is 3. The molecule has 0 saturated heterocycles. The number of amides is 2. The molecule has 2 aromatic rings. The van der Waals surface area contributed by atoms with E-state index in [9.17, 15) is 10.0 Å². The topological polar surface area (TPSA) is 75.8 Å². The van der Waals surface area contributed by atoms with E-state index in [2.05, 4.69) is 0 Å². The normalized spacial score (nSPS) is 16.7. The van der Waals surface area contributed by atoms with Crippen LogP contribution >= 0.6 is 0 Å². The highest BCUT2D eigenvalue weighted by atomic mass is 16.5. The predicted molar refractivity (Wildman–Crippen MR) is 81.8 cm³/mol. The van der Waals surface area contributed by atoms with Crippen LogP contribution in [0.4, 0.5) is 4.79 Å². The van der Waals surface area contributed by atoms with Crippen molar-refractivity contribution in [2.45, 2.75) is 25.3 Å². The number of hydrogen-bond donors (Lipinski definition) is 2. The van der Waals surface area contributed by atoms with Gasteiger partial charge in [0.15, 0.2) is 0 Å². The van der Waals surface area contributed by atoms with E-state index in [0.29, 0.717) is 11.5 Å². The lowest BCUT2D eigenvalue weighted by atomic mass is 9.87. The average Bonchev–Trinajstić information content (AvgIpc) is 2.54. The summed E-state index contributed by atoms with van der Waals surface area (Å²) in [4.78, 5) is 11.2. The minimum absolute atomic E-state index is 0.382. The molecule has 1 aliphatic carbocycles. The Morgan fingerprint density at radius 2 is 1.95 bits per heavy atom. The van der Waals surface area contributed by atoms with E-state index in [1.165, 1.54) is 0 Å². The van der Waals surface area contributed by atoms with Crippen LogP contribution < -0.4 is 10.5 Å². The number of primary amides is 1. The summed E-state index contributed by atoms with van der Waals surface area (Å²) in [6.07, 6.45) is 2.48. The van der Waals surface area contributed by atoms with E-state index in [1.54, 1.807) is 0 Å². The van der Waals surface area contributed by atoms with Gasteiger partial charge in [-0.25, -0.2) is 4.79 Å². The van der Waals surface area contributed by atoms with E-state index in [4.69, 9.17) is 10.5 Å². The number of carbonyl (C=O) groups is 1. The fourth-order valence-corrected chi connectivity index (χ4v) is 2.86. The standard InChI is InChI=1S/C17H18N2O3/c18-17(20)19(21)16-8-4-5-12-11-14(9-10-15(12)16)22-13-6-2-1-3-7-13/h1-3,6-7,9-11,16,21H,4-5,8H2,(H2,18,20). The van der Waals surface area contributed by atoms with Gasteiger partial charge in [0, 0.05) is 0 Å². The van der Waals surface area contributed by atoms with Crippen LogP contribution in [0.15, 0.2) is 48.5 Å². The average molecular weight is 298 g/mol. The van der Waals surface area contributed by atoms with Crippen molar-refractivity contribution in [3.05, 3.63) is 59.7 Å². The van der Waals surface area contributed by atoms with Crippen molar-refractivity contribution in [1.29, 1.82) is 0 Å². The molecule has 1 atom stereocenters. The highest BCUT2D eigenvalue weighted by Crippen LogP contribution is 2.36. The van der Waals surface area contributed by atoms with Gasteiger partial charge in [0.1, 0.15) is 11.5 Å². The lowest BCUT2D eigenvalue weighted by Crippen LogP contribution is -2.37. The number of hydrogen-bond acceptors (Lipinski definition) is 3. The molecule has 1 unspecified atom stereocenters. The molecule has 1 aliphatic rings. The summed E-state index contributed by atoms with van der Waals surface area (Å²) in [7, 11) is 0. The molecule has 2 aromatic carbocycles. The van der Waals surface area contributed by atoms with Crippen LogP contribution in [-0.4, -0.2) is 16.3 Å². The Morgan fingerprint density at radius 3 is 2.68 bits per heavy atom. The van der Waals surface area contributed by atoms with Crippen molar-refractivity contribution in [1.82, 2.24) is 5.06 Å². The minimum atomic E-state index is -0.831. The first-order valence-corrected chi connectivity index (χ1v) is 7.28. The first-order valence-electron chi connectivity index (χ1n) is 7.28. The number of carbonyl (C=O) groups excluding carboxylic acids is 1. The Bertz CT molecular complexity index is 673. The number of aryl methyl sites for hydroxylation is 1. The molecule has 0 radical (unpaired) electrons. The lowest BCUT2D eigenvalue weighted by molar-refractivity contribution is -0.0808. The van der Waals surface area contributed by atoms with Crippen LogP contribution in [0.25, 0.3) is 0 Å². The fourth-order valence-electron chi connectivity index (χ4n) is 2.86. The van der Waals surface area contributed by atoms with Crippen LogP contribution in [0.1, 0.15) is 30.0 Å². The predicted octanol–water partition coefficient (Wildman–Crippen LogP) is 3.63. The summed E-state index contributed by atoms with van der Waals surface area (Å²) in [6, 6.07) is 14.0. The summed E-state index contributed by atoms with van der Waals surface area (Å²) >= 11 is 0. The van der Waals surface area contributed by atoms with Crippen LogP contribution in [0.3, 0.4) is 0 Å². The van der Waals surface area contributed by atoms with E-state index in [-0.39, 0.29) is 6.04 Å². The van der Waals surface area contributed by atoms with E-state index in [1.807, 2.05) is 48.5 Å². The van der Waals surface area contributed by atoms with Crippen LogP contribution in [0.5, 0.6) is 11.5 Å². The number of ether oxygens (including phenoxy) is 1. The van der Waals surface area contributed by atoms with Gasteiger partial charge in [-0.15, -0.1) is 0 Å². The number of benzene rings is 2. The molecule has 0 heterocycles. The molecular formula is C17H18N2O3. The fraction of sp³-hybridized carbons (Fsp3) is 0.235. The molecule has 0 spiro atoms. The molecule has 114 valence electrons. The first-order chi connectivity index (χ1) is 10.6. The van der Waals surface area contributed by atoms with Gasteiger partial charge in [0.2, 0.25) is 0 Å². The molecule has 2 amide bonds. The maximum atomic E-state index is 11.2. The number of fused-ring (bicyclic) bond motifs is 1. The molecule has 22 heavy (non-hydrogen) atoms. The Balaban J connectivity index is 1.86. The summed E-state index contributed by atoms with van der Waals surface area (Å²) in [5.41, 5.74) is 7.17. The summed E-state index contributed by atoms with van der Waals surface area (Å²) < 4.78 is 5.82. The number of hydroxylamine groups is 2. The van der Waals surface area contributed by atoms with Crippen molar-refractivity contribution in [2.75, 3.05) is 0 Å². The molecule has 0 saturated carbocycles. The molecule has 5 nitrogen and oxygen atoms in total. The number of para-hydroxylation sites is 1. The SMILES string of the molecule is NC(=O)N(O)C1CCCc2cc(Oc3ccccc3)ccc21. The molecule has 0 fully saturated rings. The molecular weight excluding hydrogens is 280 g/mol. The second-order valence-corrected chi connectivity index (χ2v) is 5.37. The zero-order valence-corrected chi connectivity index (χ0v) is 12.1. The third kappa shape index (κ3) is 2.89. The second kappa shape index (κ2) is 6.07. The minimum Gasteiger partial charge on any atom is -0.457 e. The number of urea groups is 1. The third-order valence-electron chi connectivity index (χ3n) is 3.90. The van der Waals surface area contributed by atoms with Gasteiger partial charge in [0.05, 0.1) is 6.04 Å². The van der Waals surface area contributed by atoms with E-state index in [0.717, 1.165) is 35.5 Å². The Hall–Kier alpha value is -2.53. The van der Waals surface area contributed by atoms with Gasteiger partial charge in [-0.3, -0.25) is 5.21 Å². The lowest BCUT2D eigenvalue weighted by Gasteiger charge is -2.30. The zero-order valence-electron chi connectivity index (χ0n) is 12.1. The van der Waals surface area contributed by atoms with Crippen molar-refractivity contribution in [3.63, 3.8) is 0 Å². The maximum absolute atomic E-state index is 11.2. The van der Waals surface area contributed by atoms with Gasteiger partial charge in [-0.05, 0) is 54.7 Å². The first kappa shape index (κ1) is 14.4. The zero-order chi connectivity index (χ0) is 15.5. The highest BCUT2D eigenvalue weighted by Gasteiger charge is 2.27. The van der Waals surface area contributed by atoms with E-state index >= 15 is 0 Å². The second-order valence-electron chi connectivity index (χ2n) is 5.37. The molecule has 0 aliphatic heterocycles. The van der Waals surface area contributed by atoms with Crippen molar-refractivity contribution in [3.8, 4) is 11.5 Å². The van der Waals surface area contributed by atoms with Gasteiger partial charge < -0.3 is 10.5 Å². The molecule has 5 heteroatoms. The molecule has 0 bridgehead atoms. The summed E-state index contributed by atoms with van der Waals surface area (Å²) in [5, 5.41) is 10.5. The highest BCUT2D eigenvalue weighted by molar-refractivity contribution is 5.71. The molecule has 3 N–H and O–H groups in total. The Morgan fingerprint density at radius 1 is 1.18 bits per heavy atom. The number of nitrogens with two attached hydrogens (primary N) is 1. The van der Waals surface area contributed by atoms with Crippen molar-refractivity contribution >= 4 is 6.03 Å². The number of nitrogens with zero attached hydrogens (tertiary/aromatic N) is 1. The third-order valence-corrected chi connectivity index (χ3v) is 3.90. The van der Waals surface area contributed by atoms with Crippen LogP contribution in [-0.2, 0) is 6.42 Å². The smallest absolute Gasteiger partial charge is 0.339 e. The quantitative estimate of drug-likeness (QED) is 0.671. The van der Waals surface area contributed by atoms with Gasteiger partial charge in [-0.1, -0.05) is 24.3 Å². The summed E-state index contributed by atoms with van der Waals surface area (Å²) in [5.74, 6) is 1.52. The van der Waals surface area contributed by atoms with Crippen molar-refractivity contribution in [2.24, 2.45) is 5.73 Å².